The molecule has 1 saturated heterocycles. The summed E-state index contributed by atoms with van der Waals surface area (Å²) in [7, 11) is 0. The summed E-state index contributed by atoms with van der Waals surface area (Å²) in [5, 5.41) is 0. The van der Waals surface area contributed by atoms with Crippen molar-refractivity contribution in [1.29, 1.82) is 0 Å². The van der Waals surface area contributed by atoms with Crippen LogP contribution in [0.2, 0.25) is 0 Å². The van der Waals surface area contributed by atoms with Crippen molar-refractivity contribution in [2.24, 2.45) is 5.92 Å². The molecule has 0 radical (unpaired) electrons. The summed E-state index contributed by atoms with van der Waals surface area (Å²) in [5.41, 5.74) is 0.423. The largest absolute Gasteiger partial charge is 0.338 e. The molecule has 0 aliphatic carbocycles. The van der Waals surface area contributed by atoms with Gasteiger partial charge in [-0.2, -0.15) is 0 Å². The predicted octanol–water partition coefficient (Wildman–Crippen LogP) is 3.52. The van der Waals surface area contributed by atoms with Crippen LogP contribution in [0.3, 0.4) is 0 Å². The van der Waals surface area contributed by atoms with Crippen LogP contribution in [-0.2, 0) is 6.42 Å². The van der Waals surface area contributed by atoms with Crippen molar-refractivity contribution in [3.63, 3.8) is 0 Å². The van der Waals surface area contributed by atoms with Crippen LogP contribution >= 0.6 is 0 Å². The zero-order chi connectivity index (χ0) is 19.4. The Balaban J connectivity index is 1.64. The second kappa shape index (κ2) is 8.46. The Kier molecular flexibility index (Phi) is 6.04. The van der Waals surface area contributed by atoms with E-state index in [0.717, 1.165) is 19.3 Å². The standard InChI is InChI=1S/C21H26FN3O2/c1-14(2)19-23-12-17(20(26)24-19)21(27)25-11-5-6-15(13-25)9-10-16-7-3-4-8-18(16)22/h3-4,7-8,12,14-15H,5-6,9-11,13H2,1-2H3,(H,23,24,26). The average molecular weight is 371 g/mol. The summed E-state index contributed by atoms with van der Waals surface area (Å²) in [6.07, 6.45) is 4.78. The van der Waals surface area contributed by atoms with Gasteiger partial charge in [-0.05, 0) is 43.2 Å². The molecule has 2 heterocycles. The minimum atomic E-state index is -0.382. The van der Waals surface area contributed by atoms with Gasteiger partial charge < -0.3 is 9.88 Å². The molecule has 3 rings (SSSR count). The van der Waals surface area contributed by atoms with Crippen LogP contribution < -0.4 is 5.56 Å². The fraction of sp³-hybridized carbons (Fsp3) is 0.476. The van der Waals surface area contributed by atoms with Gasteiger partial charge in [-0.15, -0.1) is 0 Å². The van der Waals surface area contributed by atoms with E-state index < -0.39 is 0 Å². The molecule has 1 atom stereocenters. The van der Waals surface area contributed by atoms with Gasteiger partial charge >= 0.3 is 0 Å². The molecule has 27 heavy (non-hydrogen) atoms. The fourth-order valence-electron chi connectivity index (χ4n) is 3.57. The first kappa shape index (κ1) is 19.3. The third-order valence-electron chi connectivity index (χ3n) is 5.18. The Morgan fingerprint density at radius 1 is 1.37 bits per heavy atom. The molecule has 1 aromatic heterocycles. The third kappa shape index (κ3) is 4.62. The van der Waals surface area contributed by atoms with E-state index in [-0.39, 0.29) is 28.8 Å². The summed E-state index contributed by atoms with van der Waals surface area (Å²) in [6, 6.07) is 6.82. The summed E-state index contributed by atoms with van der Waals surface area (Å²) >= 11 is 0. The lowest BCUT2D eigenvalue weighted by molar-refractivity contribution is 0.0665. The number of benzene rings is 1. The Bertz CT molecular complexity index is 863. The first-order valence-electron chi connectivity index (χ1n) is 9.57. The topological polar surface area (TPSA) is 66.1 Å². The number of carbonyl (C=O) groups is 1. The molecule has 1 aliphatic rings. The zero-order valence-electron chi connectivity index (χ0n) is 15.9. The number of amides is 1. The number of hydrogen-bond acceptors (Lipinski definition) is 3. The van der Waals surface area contributed by atoms with E-state index in [2.05, 4.69) is 9.97 Å². The molecule has 1 unspecified atom stereocenters. The third-order valence-corrected chi connectivity index (χ3v) is 5.18. The highest BCUT2D eigenvalue weighted by Crippen LogP contribution is 2.23. The first-order valence-corrected chi connectivity index (χ1v) is 9.57. The maximum atomic E-state index is 13.8. The van der Waals surface area contributed by atoms with Gasteiger partial charge in [0.25, 0.3) is 11.5 Å². The molecule has 1 aliphatic heterocycles. The van der Waals surface area contributed by atoms with Crippen molar-refractivity contribution in [2.45, 2.75) is 45.4 Å². The highest BCUT2D eigenvalue weighted by Gasteiger charge is 2.26. The quantitative estimate of drug-likeness (QED) is 0.875. The number of nitrogens with zero attached hydrogens (tertiary/aromatic N) is 2. The number of aromatic amines is 1. The number of rotatable bonds is 5. The number of halogens is 1. The monoisotopic (exact) mass is 371 g/mol. The van der Waals surface area contributed by atoms with Crippen LogP contribution in [-0.4, -0.2) is 33.9 Å². The van der Waals surface area contributed by atoms with Gasteiger partial charge in [0.2, 0.25) is 0 Å². The molecule has 2 aromatic rings. The molecule has 0 bridgehead atoms. The van der Waals surface area contributed by atoms with Gasteiger partial charge in [-0.25, -0.2) is 9.37 Å². The van der Waals surface area contributed by atoms with Gasteiger partial charge in [-0.3, -0.25) is 9.59 Å². The van der Waals surface area contributed by atoms with Gasteiger partial charge in [0.05, 0.1) is 0 Å². The number of aryl methyl sites for hydroxylation is 1. The molecular formula is C21H26FN3O2. The van der Waals surface area contributed by atoms with Crippen LogP contribution in [0.1, 0.15) is 60.8 Å². The van der Waals surface area contributed by atoms with Crippen LogP contribution in [0.15, 0.2) is 35.3 Å². The second-order valence-electron chi connectivity index (χ2n) is 7.56. The summed E-state index contributed by atoms with van der Waals surface area (Å²) < 4.78 is 13.8. The SMILES string of the molecule is CC(C)c1ncc(C(=O)N2CCCC(CCc3ccccc3F)C2)c(=O)[nH]1. The average Bonchev–Trinajstić information content (AvgIpc) is 2.67. The summed E-state index contributed by atoms with van der Waals surface area (Å²) in [6.45, 7) is 5.11. The Hall–Kier alpha value is -2.50. The predicted molar refractivity (Wildman–Crippen MR) is 102 cm³/mol. The van der Waals surface area contributed by atoms with Gasteiger partial charge in [0, 0.05) is 25.2 Å². The van der Waals surface area contributed by atoms with Crippen LogP contribution in [0.4, 0.5) is 4.39 Å². The number of carbonyl (C=O) groups excluding carboxylic acids is 1. The summed E-state index contributed by atoms with van der Waals surface area (Å²) in [4.78, 5) is 33.7. The lowest BCUT2D eigenvalue weighted by atomic mass is 9.91. The molecule has 6 heteroatoms. The van der Waals surface area contributed by atoms with Gasteiger partial charge in [0.1, 0.15) is 17.2 Å². The van der Waals surface area contributed by atoms with Crippen molar-refractivity contribution in [3.05, 3.63) is 63.6 Å². The maximum absolute atomic E-state index is 13.8. The molecule has 0 spiro atoms. The second-order valence-corrected chi connectivity index (χ2v) is 7.56. The fourth-order valence-corrected chi connectivity index (χ4v) is 3.57. The number of nitrogens with one attached hydrogen (secondary N) is 1. The number of piperidine rings is 1. The van der Waals surface area contributed by atoms with Crippen molar-refractivity contribution >= 4 is 5.91 Å². The molecule has 144 valence electrons. The lowest BCUT2D eigenvalue weighted by Gasteiger charge is -2.32. The molecule has 5 nitrogen and oxygen atoms in total. The molecule has 1 N–H and O–H groups in total. The number of likely N-dealkylation sites (tertiary alicyclic amines) is 1. The van der Waals surface area contributed by atoms with Crippen LogP contribution in [0.5, 0.6) is 0 Å². The van der Waals surface area contributed by atoms with Crippen molar-refractivity contribution in [2.75, 3.05) is 13.1 Å². The highest BCUT2D eigenvalue weighted by atomic mass is 19.1. The van der Waals surface area contributed by atoms with E-state index in [0.29, 0.717) is 36.8 Å². The van der Waals surface area contributed by atoms with E-state index in [9.17, 15) is 14.0 Å². The van der Waals surface area contributed by atoms with Gasteiger partial charge in [-0.1, -0.05) is 32.0 Å². The molecule has 0 saturated carbocycles. The normalized spacial score (nSPS) is 17.3. The van der Waals surface area contributed by atoms with E-state index in [4.69, 9.17) is 0 Å². The smallest absolute Gasteiger partial charge is 0.263 e. The van der Waals surface area contributed by atoms with E-state index in [1.165, 1.54) is 12.3 Å². The number of hydrogen-bond donors (Lipinski definition) is 1. The van der Waals surface area contributed by atoms with Crippen LogP contribution in [0, 0.1) is 11.7 Å². The first-order chi connectivity index (χ1) is 13.0. The zero-order valence-corrected chi connectivity index (χ0v) is 15.9. The van der Waals surface area contributed by atoms with Crippen molar-refractivity contribution < 1.29 is 9.18 Å². The highest BCUT2D eigenvalue weighted by molar-refractivity contribution is 5.93. The molecule has 1 aromatic carbocycles. The lowest BCUT2D eigenvalue weighted by Crippen LogP contribution is -2.42. The van der Waals surface area contributed by atoms with E-state index in [1.54, 1.807) is 11.0 Å². The van der Waals surface area contributed by atoms with Crippen molar-refractivity contribution in [3.8, 4) is 0 Å². The maximum Gasteiger partial charge on any atom is 0.263 e. The van der Waals surface area contributed by atoms with Crippen LogP contribution in [0.25, 0.3) is 0 Å². The Labute approximate surface area is 158 Å². The van der Waals surface area contributed by atoms with Gasteiger partial charge in [0.15, 0.2) is 0 Å². The van der Waals surface area contributed by atoms with E-state index in [1.807, 2.05) is 26.0 Å². The Morgan fingerprint density at radius 3 is 2.85 bits per heavy atom. The minimum absolute atomic E-state index is 0.0918. The molecule has 1 fully saturated rings. The Morgan fingerprint density at radius 2 is 2.15 bits per heavy atom. The molecular weight excluding hydrogens is 345 g/mol. The van der Waals surface area contributed by atoms with E-state index >= 15 is 0 Å². The van der Waals surface area contributed by atoms with Crippen molar-refractivity contribution in [1.82, 2.24) is 14.9 Å². The number of aromatic nitrogens is 2. The number of H-pyrrole nitrogens is 1. The summed E-state index contributed by atoms with van der Waals surface area (Å²) in [5.74, 6) is 0.542. The molecule has 1 amide bonds. The minimum Gasteiger partial charge on any atom is -0.338 e.